The summed E-state index contributed by atoms with van der Waals surface area (Å²) in [6, 6.07) is 12.4. The van der Waals surface area contributed by atoms with E-state index in [2.05, 4.69) is 10.6 Å². The van der Waals surface area contributed by atoms with Gasteiger partial charge in [0.05, 0.1) is 12.8 Å². The lowest BCUT2D eigenvalue weighted by Crippen LogP contribution is -2.42. The second-order valence-corrected chi connectivity index (χ2v) is 5.23. The van der Waals surface area contributed by atoms with Gasteiger partial charge in [0.2, 0.25) is 0 Å². The quantitative estimate of drug-likeness (QED) is 0.653. The molecule has 0 aliphatic rings. The Kier molecular flexibility index (Phi) is 6.50. The molecular formula is C17H22N2O4. The van der Waals surface area contributed by atoms with E-state index in [0.29, 0.717) is 25.3 Å². The number of amides is 2. The number of aliphatic hydroxyl groups is 1. The molecule has 0 aliphatic carbocycles. The molecular weight excluding hydrogens is 296 g/mol. The van der Waals surface area contributed by atoms with Crippen molar-refractivity contribution in [3.8, 4) is 5.75 Å². The standard InChI is InChI=1S/C17H22N2O4/c1-13(12-15(20)16-8-5-10-23-16)19-17(21)18-9-11-22-14-6-3-2-4-7-14/h2-8,10,13,15,20H,9,11-12H2,1H3,(H2,18,19,21). The van der Waals surface area contributed by atoms with Crippen molar-refractivity contribution in [2.24, 2.45) is 0 Å². The van der Waals surface area contributed by atoms with Gasteiger partial charge in [-0.3, -0.25) is 0 Å². The summed E-state index contributed by atoms with van der Waals surface area (Å²) in [5, 5.41) is 15.4. The monoisotopic (exact) mass is 318 g/mol. The molecule has 6 heteroatoms. The third-order valence-electron chi connectivity index (χ3n) is 3.23. The Morgan fingerprint density at radius 2 is 2.04 bits per heavy atom. The number of aliphatic hydroxyl groups excluding tert-OH is 1. The highest BCUT2D eigenvalue weighted by Gasteiger charge is 2.16. The van der Waals surface area contributed by atoms with Gasteiger partial charge in [-0.1, -0.05) is 18.2 Å². The minimum absolute atomic E-state index is 0.190. The van der Waals surface area contributed by atoms with E-state index < -0.39 is 6.10 Å². The van der Waals surface area contributed by atoms with Crippen molar-refractivity contribution in [1.29, 1.82) is 0 Å². The molecule has 2 atom stereocenters. The molecule has 1 aromatic carbocycles. The van der Waals surface area contributed by atoms with Crippen LogP contribution in [0.15, 0.2) is 53.1 Å². The van der Waals surface area contributed by atoms with Crippen molar-refractivity contribution in [3.63, 3.8) is 0 Å². The van der Waals surface area contributed by atoms with Crippen LogP contribution in [0.1, 0.15) is 25.2 Å². The highest BCUT2D eigenvalue weighted by Crippen LogP contribution is 2.18. The molecule has 23 heavy (non-hydrogen) atoms. The summed E-state index contributed by atoms with van der Waals surface area (Å²) in [7, 11) is 0. The number of hydrogen-bond acceptors (Lipinski definition) is 4. The second kappa shape index (κ2) is 8.85. The Balaban J connectivity index is 1.60. The van der Waals surface area contributed by atoms with Crippen molar-refractivity contribution in [2.45, 2.75) is 25.5 Å². The summed E-state index contributed by atoms with van der Waals surface area (Å²) in [4.78, 5) is 11.7. The zero-order chi connectivity index (χ0) is 16.5. The third-order valence-corrected chi connectivity index (χ3v) is 3.23. The van der Waals surface area contributed by atoms with Gasteiger partial charge in [-0.25, -0.2) is 4.79 Å². The number of carbonyl (C=O) groups excluding carboxylic acids is 1. The normalized spacial score (nSPS) is 13.1. The summed E-state index contributed by atoms with van der Waals surface area (Å²) in [5.74, 6) is 1.26. The van der Waals surface area contributed by atoms with Crippen LogP contribution in [-0.2, 0) is 0 Å². The first-order chi connectivity index (χ1) is 11.1. The molecule has 0 bridgehead atoms. The van der Waals surface area contributed by atoms with Crippen molar-refractivity contribution in [1.82, 2.24) is 10.6 Å². The van der Waals surface area contributed by atoms with Crippen molar-refractivity contribution in [3.05, 3.63) is 54.5 Å². The molecule has 0 saturated heterocycles. The predicted molar refractivity (Wildman–Crippen MR) is 86.2 cm³/mol. The average molecular weight is 318 g/mol. The first-order valence-corrected chi connectivity index (χ1v) is 7.59. The predicted octanol–water partition coefficient (Wildman–Crippen LogP) is 2.47. The molecule has 0 fully saturated rings. The topological polar surface area (TPSA) is 83.7 Å². The highest BCUT2D eigenvalue weighted by molar-refractivity contribution is 5.74. The molecule has 124 valence electrons. The van der Waals surface area contributed by atoms with Gasteiger partial charge in [-0.2, -0.15) is 0 Å². The van der Waals surface area contributed by atoms with Crippen molar-refractivity contribution >= 4 is 6.03 Å². The fourth-order valence-corrected chi connectivity index (χ4v) is 2.12. The first-order valence-electron chi connectivity index (χ1n) is 7.59. The van der Waals surface area contributed by atoms with Crippen LogP contribution in [0.4, 0.5) is 4.79 Å². The molecule has 2 rings (SSSR count). The first kappa shape index (κ1) is 16.9. The Morgan fingerprint density at radius 1 is 1.26 bits per heavy atom. The van der Waals surface area contributed by atoms with Gasteiger partial charge >= 0.3 is 6.03 Å². The maximum Gasteiger partial charge on any atom is 0.315 e. The van der Waals surface area contributed by atoms with Gasteiger partial charge < -0.3 is 24.9 Å². The molecule has 1 aromatic heterocycles. The minimum Gasteiger partial charge on any atom is -0.492 e. The summed E-state index contributed by atoms with van der Waals surface area (Å²) in [5.41, 5.74) is 0. The molecule has 0 aliphatic heterocycles. The van der Waals surface area contributed by atoms with E-state index in [1.165, 1.54) is 6.26 Å². The zero-order valence-electron chi connectivity index (χ0n) is 13.1. The number of para-hydroxylation sites is 1. The summed E-state index contributed by atoms with van der Waals surface area (Å²) >= 11 is 0. The summed E-state index contributed by atoms with van der Waals surface area (Å²) < 4.78 is 10.6. The van der Waals surface area contributed by atoms with E-state index in [9.17, 15) is 9.90 Å². The van der Waals surface area contributed by atoms with Crippen LogP contribution >= 0.6 is 0 Å². The fourth-order valence-electron chi connectivity index (χ4n) is 2.12. The van der Waals surface area contributed by atoms with E-state index in [1.807, 2.05) is 37.3 Å². The lowest BCUT2D eigenvalue weighted by molar-refractivity contribution is 0.129. The van der Waals surface area contributed by atoms with Crippen LogP contribution in [0.3, 0.4) is 0 Å². The molecule has 3 N–H and O–H groups in total. The van der Waals surface area contributed by atoms with Gasteiger partial charge in [0.15, 0.2) is 0 Å². The maximum atomic E-state index is 11.7. The molecule has 2 unspecified atom stereocenters. The Hall–Kier alpha value is -2.47. The van der Waals surface area contributed by atoms with Gasteiger partial charge in [-0.15, -0.1) is 0 Å². The Morgan fingerprint density at radius 3 is 2.74 bits per heavy atom. The highest BCUT2D eigenvalue weighted by atomic mass is 16.5. The third kappa shape index (κ3) is 6.04. The van der Waals surface area contributed by atoms with Crippen LogP contribution in [0.2, 0.25) is 0 Å². The van der Waals surface area contributed by atoms with E-state index in [1.54, 1.807) is 12.1 Å². The fraction of sp³-hybridized carbons (Fsp3) is 0.353. The largest absolute Gasteiger partial charge is 0.492 e. The number of urea groups is 1. The lowest BCUT2D eigenvalue weighted by Gasteiger charge is -2.17. The summed E-state index contributed by atoms with van der Waals surface area (Å²) in [6.07, 6.45) is 1.15. The maximum absolute atomic E-state index is 11.7. The van der Waals surface area contributed by atoms with Gasteiger partial charge in [0.1, 0.15) is 24.2 Å². The molecule has 0 saturated carbocycles. The van der Waals surface area contributed by atoms with E-state index in [0.717, 1.165) is 5.75 Å². The number of ether oxygens (including phenoxy) is 1. The van der Waals surface area contributed by atoms with E-state index >= 15 is 0 Å². The van der Waals surface area contributed by atoms with Gasteiger partial charge in [0.25, 0.3) is 0 Å². The number of carbonyl (C=O) groups is 1. The number of benzene rings is 1. The number of hydrogen-bond donors (Lipinski definition) is 3. The number of rotatable bonds is 8. The van der Waals surface area contributed by atoms with Crippen LogP contribution in [0, 0.1) is 0 Å². The minimum atomic E-state index is -0.735. The molecule has 2 aromatic rings. The van der Waals surface area contributed by atoms with Crippen LogP contribution in [0.5, 0.6) is 5.75 Å². The average Bonchev–Trinajstić information content (AvgIpc) is 3.07. The second-order valence-electron chi connectivity index (χ2n) is 5.23. The molecule has 0 radical (unpaired) electrons. The zero-order valence-corrected chi connectivity index (χ0v) is 13.1. The lowest BCUT2D eigenvalue weighted by atomic mass is 10.1. The SMILES string of the molecule is CC(CC(O)c1ccco1)NC(=O)NCCOc1ccccc1. The van der Waals surface area contributed by atoms with Crippen molar-refractivity contribution in [2.75, 3.05) is 13.2 Å². The van der Waals surface area contributed by atoms with Crippen LogP contribution < -0.4 is 15.4 Å². The smallest absolute Gasteiger partial charge is 0.315 e. The Labute approximate surface area is 135 Å². The molecule has 2 amide bonds. The van der Waals surface area contributed by atoms with Gasteiger partial charge in [-0.05, 0) is 31.2 Å². The van der Waals surface area contributed by atoms with Crippen LogP contribution in [-0.4, -0.2) is 30.3 Å². The van der Waals surface area contributed by atoms with Crippen molar-refractivity contribution < 1.29 is 19.1 Å². The summed E-state index contributed by atoms with van der Waals surface area (Å²) in [6.45, 7) is 2.61. The van der Waals surface area contributed by atoms with E-state index in [4.69, 9.17) is 9.15 Å². The van der Waals surface area contributed by atoms with Crippen LogP contribution in [0.25, 0.3) is 0 Å². The van der Waals surface area contributed by atoms with E-state index in [-0.39, 0.29) is 12.1 Å². The number of furan rings is 1. The molecule has 1 heterocycles. The van der Waals surface area contributed by atoms with Gasteiger partial charge in [0, 0.05) is 12.5 Å². The molecule has 0 spiro atoms. The number of nitrogens with one attached hydrogen (secondary N) is 2. The molecule has 6 nitrogen and oxygen atoms in total. The Bertz CT molecular complexity index is 572.